The minimum absolute atomic E-state index is 0.0115. The number of hydrogen-bond acceptors (Lipinski definition) is 1. The van der Waals surface area contributed by atoms with Crippen LogP contribution in [-0.2, 0) is 0 Å². The van der Waals surface area contributed by atoms with Crippen LogP contribution < -0.4 is 10.4 Å². The average molecular weight is 279 g/mol. The molecule has 21 heavy (non-hydrogen) atoms. The summed E-state index contributed by atoms with van der Waals surface area (Å²) in [4.78, 5) is 2.24. The zero-order valence-electron chi connectivity index (χ0n) is 13.8. The van der Waals surface area contributed by atoms with Gasteiger partial charge in [0, 0.05) is 23.4 Å². The predicted molar refractivity (Wildman–Crippen MR) is 92.8 cm³/mol. The lowest BCUT2D eigenvalue weighted by Gasteiger charge is -2.43. The van der Waals surface area contributed by atoms with Gasteiger partial charge in [-0.05, 0) is 36.3 Å². The highest BCUT2D eigenvalue weighted by atomic mass is 15.1. The van der Waals surface area contributed by atoms with E-state index in [-0.39, 0.29) is 5.41 Å². The zero-order valence-corrected chi connectivity index (χ0v) is 13.8. The summed E-state index contributed by atoms with van der Waals surface area (Å²) in [5.74, 6) is 0. The van der Waals surface area contributed by atoms with Crippen LogP contribution in [0.1, 0.15) is 27.7 Å². The molecular weight excluding hydrogens is 254 g/mol. The predicted octanol–water partition coefficient (Wildman–Crippen LogP) is 3.58. The second-order valence-electron chi connectivity index (χ2n) is 6.11. The Kier molecular flexibility index (Phi) is 3.95. The first-order valence-electron chi connectivity index (χ1n) is 7.39. The Bertz CT molecular complexity index is 744. The molecule has 0 N–H and O–H groups in total. The van der Waals surface area contributed by atoms with Crippen molar-refractivity contribution >= 4 is 12.3 Å². The molecule has 0 bridgehead atoms. The summed E-state index contributed by atoms with van der Waals surface area (Å²) < 4.78 is 0. The molecule has 0 atom stereocenters. The van der Waals surface area contributed by atoms with Crippen molar-refractivity contribution in [2.24, 2.45) is 5.41 Å². The van der Waals surface area contributed by atoms with E-state index in [2.05, 4.69) is 77.1 Å². The Hall–Kier alpha value is -2.02. The van der Waals surface area contributed by atoms with Gasteiger partial charge in [-0.15, -0.1) is 0 Å². The van der Waals surface area contributed by atoms with E-state index in [0.717, 1.165) is 5.22 Å². The van der Waals surface area contributed by atoms with Gasteiger partial charge in [0.1, 0.15) is 0 Å². The van der Waals surface area contributed by atoms with Gasteiger partial charge >= 0.3 is 0 Å². The summed E-state index contributed by atoms with van der Waals surface area (Å²) in [6.45, 7) is 17.1. The van der Waals surface area contributed by atoms with Gasteiger partial charge in [0.2, 0.25) is 0 Å². The molecule has 0 amide bonds. The Labute approximate surface area is 128 Å². The van der Waals surface area contributed by atoms with Gasteiger partial charge < -0.3 is 4.90 Å². The topological polar surface area (TPSA) is 3.24 Å². The molecule has 1 aliphatic heterocycles. The number of hydrogen-bond donors (Lipinski definition) is 0. The molecule has 0 saturated heterocycles. The molecule has 1 aromatic carbocycles. The van der Waals surface area contributed by atoms with Gasteiger partial charge in [-0.1, -0.05) is 57.3 Å². The lowest BCUT2D eigenvalue weighted by Crippen LogP contribution is -2.39. The fraction of sp³-hybridized carbons (Fsp3) is 0.300. The molecule has 1 heteroatoms. The van der Waals surface area contributed by atoms with Crippen LogP contribution in [0, 0.1) is 5.41 Å². The fourth-order valence-corrected chi connectivity index (χ4v) is 3.24. The van der Waals surface area contributed by atoms with Crippen LogP contribution in [0.15, 0.2) is 59.8 Å². The first-order valence-corrected chi connectivity index (χ1v) is 7.39. The van der Waals surface area contributed by atoms with Gasteiger partial charge in [-0.2, -0.15) is 0 Å². The van der Waals surface area contributed by atoms with Crippen LogP contribution in [0.25, 0.3) is 12.3 Å². The van der Waals surface area contributed by atoms with Gasteiger partial charge in [0.15, 0.2) is 0 Å². The highest BCUT2D eigenvalue weighted by Gasteiger charge is 2.36. The highest BCUT2D eigenvalue weighted by molar-refractivity contribution is 5.71. The molecule has 1 aliphatic rings. The van der Waals surface area contributed by atoms with Crippen LogP contribution in [0.2, 0.25) is 0 Å². The number of likely N-dealkylation sites (N-methyl/N-ethyl adjacent to an activating group) is 1. The normalized spacial score (nSPS) is 22.7. The molecule has 0 aliphatic carbocycles. The summed E-state index contributed by atoms with van der Waals surface area (Å²) >= 11 is 0. The smallest absolute Gasteiger partial charge is 0.0525 e. The molecular formula is C20H25N. The van der Waals surface area contributed by atoms with E-state index in [4.69, 9.17) is 0 Å². The molecule has 1 heterocycles. The second-order valence-corrected chi connectivity index (χ2v) is 6.11. The molecule has 1 nitrogen and oxygen atoms in total. The monoisotopic (exact) mass is 279 g/mol. The Morgan fingerprint density at radius 1 is 1.19 bits per heavy atom. The maximum atomic E-state index is 4.20. The third-order valence-corrected chi connectivity index (χ3v) is 4.70. The molecule has 0 radical (unpaired) electrons. The van der Waals surface area contributed by atoms with Crippen LogP contribution in [-0.4, -0.2) is 11.9 Å². The number of allylic oxidation sites excluding steroid dienone is 3. The van der Waals surface area contributed by atoms with Crippen molar-refractivity contribution in [3.63, 3.8) is 0 Å². The molecule has 2 rings (SSSR count). The quantitative estimate of drug-likeness (QED) is 0.759. The summed E-state index contributed by atoms with van der Waals surface area (Å²) in [7, 11) is 2.11. The number of benzene rings is 1. The third-order valence-electron chi connectivity index (χ3n) is 4.70. The Morgan fingerprint density at radius 3 is 2.33 bits per heavy atom. The standard InChI is InChI=1S/C20H25N/c1-8-17-19(16-13-11-10-12-14(16)3)21(7)18(9-2)15(4)20(17,5)6/h8-13H,2-3H2,1,4-7H3/b17-8?,19-16+. The van der Waals surface area contributed by atoms with E-state index in [1.807, 2.05) is 12.1 Å². The molecule has 110 valence electrons. The first-order chi connectivity index (χ1) is 9.86. The lowest BCUT2D eigenvalue weighted by atomic mass is 9.72. The summed E-state index contributed by atoms with van der Waals surface area (Å²) in [5, 5.41) is 2.24. The van der Waals surface area contributed by atoms with Crippen LogP contribution in [0.3, 0.4) is 0 Å². The van der Waals surface area contributed by atoms with Gasteiger partial charge in [0.05, 0.1) is 5.70 Å². The lowest BCUT2D eigenvalue weighted by molar-refractivity contribution is 0.458. The first kappa shape index (κ1) is 15.4. The maximum absolute atomic E-state index is 4.20. The van der Waals surface area contributed by atoms with Crippen LogP contribution >= 0.6 is 0 Å². The van der Waals surface area contributed by atoms with Crippen molar-refractivity contribution in [2.45, 2.75) is 27.7 Å². The van der Waals surface area contributed by atoms with E-state index in [1.165, 1.54) is 27.8 Å². The number of nitrogens with zero attached hydrogens (tertiary/aromatic N) is 1. The van der Waals surface area contributed by atoms with Crippen molar-refractivity contribution in [1.29, 1.82) is 0 Å². The van der Waals surface area contributed by atoms with E-state index in [9.17, 15) is 0 Å². The Balaban J connectivity index is 2.98. The molecule has 0 spiro atoms. The van der Waals surface area contributed by atoms with E-state index in [1.54, 1.807) is 0 Å². The van der Waals surface area contributed by atoms with Gasteiger partial charge in [0.25, 0.3) is 0 Å². The van der Waals surface area contributed by atoms with Crippen molar-refractivity contribution in [1.82, 2.24) is 4.90 Å². The second kappa shape index (κ2) is 5.40. The minimum Gasteiger partial charge on any atom is -0.344 e. The van der Waals surface area contributed by atoms with Crippen molar-refractivity contribution < 1.29 is 0 Å². The summed E-state index contributed by atoms with van der Waals surface area (Å²) in [6, 6.07) is 8.32. The fourth-order valence-electron chi connectivity index (χ4n) is 3.24. The maximum Gasteiger partial charge on any atom is 0.0525 e. The van der Waals surface area contributed by atoms with Crippen molar-refractivity contribution in [3.05, 3.63) is 70.3 Å². The van der Waals surface area contributed by atoms with Crippen molar-refractivity contribution in [3.8, 4) is 0 Å². The van der Waals surface area contributed by atoms with Crippen LogP contribution in [0.4, 0.5) is 0 Å². The Morgan fingerprint density at radius 2 is 1.81 bits per heavy atom. The third kappa shape index (κ3) is 2.27. The summed E-state index contributed by atoms with van der Waals surface area (Å²) in [6.07, 6.45) is 4.18. The average Bonchev–Trinajstić information content (AvgIpc) is 2.44. The van der Waals surface area contributed by atoms with Gasteiger partial charge in [-0.3, -0.25) is 0 Å². The van der Waals surface area contributed by atoms with Crippen LogP contribution in [0.5, 0.6) is 0 Å². The zero-order chi connectivity index (χ0) is 15.8. The molecule has 0 saturated carbocycles. The molecule has 1 aromatic rings. The SMILES string of the molecule is C=CC1=C(C)C(C)(C)C(=CC)/C(=c2/ccccc2=C)N1C. The molecule has 0 unspecified atom stereocenters. The van der Waals surface area contributed by atoms with E-state index in [0.29, 0.717) is 0 Å². The molecule has 0 aromatic heterocycles. The van der Waals surface area contributed by atoms with E-state index >= 15 is 0 Å². The van der Waals surface area contributed by atoms with Gasteiger partial charge in [-0.25, -0.2) is 0 Å². The molecule has 0 fully saturated rings. The van der Waals surface area contributed by atoms with E-state index < -0.39 is 0 Å². The highest BCUT2D eigenvalue weighted by Crippen LogP contribution is 2.46. The summed E-state index contributed by atoms with van der Waals surface area (Å²) in [5.41, 5.74) is 5.09. The van der Waals surface area contributed by atoms with Crippen molar-refractivity contribution in [2.75, 3.05) is 7.05 Å². The minimum atomic E-state index is -0.0115. The largest absolute Gasteiger partial charge is 0.344 e. The number of rotatable bonds is 1.